The molecule has 0 aliphatic rings. The molecule has 9 heteroatoms. The Morgan fingerprint density at radius 3 is 2.29 bits per heavy atom. The topological polar surface area (TPSA) is 51.2 Å². The molecule has 0 aromatic heterocycles. The fourth-order valence-corrected chi connectivity index (χ4v) is 2.09. The van der Waals surface area contributed by atoms with Crippen LogP contribution in [0.3, 0.4) is 0 Å². The molecule has 1 rings (SSSR count). The molecule has 1 aromatic rings. The van der Waals surface area contributed by atoms with Crippen molar-refractivity contribution in [1.29, 1.82) is 0 Å². The number of nitrogens with zero attached hydrogens (tertiary/aromatic N) is 1. The van der Waals surface area contributed by atoms with Crippen molar-refractivity contribution in [2.45, 2.75) is 25.1 Å². The molecule has 1 aromatic carbocycles. The molecule has 5 nitrogen and oxygen atoms in total. The summed E-state index contributed by atoms with van der Waals surface area (Å²) in [6, 6.07) is 3.98. The van der Waals surface area contributed by atoms with Gasteiger partial charge in [-0.2, -0.15) is 13.2 Å². The number of aliphatic hydroxyl groups excluding tert-OH is 1. The molecule has 138 valence electrons. The zero-order valence-corrected chi connectivity index (χ0v) is 13.6. The largest absolute Gasteiger partial charge is 0.497 e. The monoisotopic (exact) mass is 355 g/mol. The normalized spacial score (nSPS) is 13.6. The number of alkyl halides is 3. The molecule has 0 radical (unpaired) electrons. The van der Waals surface area contributed by atoms with Gasteiger partial charge >= 0.3 is 6.18 Å². The Kier molecular flexibility index (Phi) is 7.88. The third-order valence-corrected chi connectivity index (χ3v) is 3.47. The van der Waals surface area contributed by atoms with Crippen molar-refractivity contribution >= 4 is 0 Å². The van der Waals surface area contributed by atoms with E-state index in [0.29, 0.717) is 5.75 Å². The minimum Gasteiger partial charge on any atom is -0.497 e. The van der Waals surface area contributed by atoms with Gasteiger partial charge in [0.15, 0.2) is 6.29 Å². The van der Waals surface area contributed by atoms with E-state index in [-0.39, 0.29) is 25.1 Å². The summed E-state index contributed by atoms with van der Waals surface area (Å²) in [6.45, 7) is -0.590. The van der Waals surface area contributed by atoms with Crippen LogP contribution in [0.2, 0.25) is 0 Å². The predicted molar refractivity (Wildman–Crippen MR) is 78.1 cm³/mol. The molecule has 0 saturated heterocycles. The summed E-state index contributed by atoms with van der Waals surface area (Å²) in [5.74, 6) is -0.173. The molecule has 0 heterocycles. The van der Waals surface area contributed by atoms with E-state index in [4.69, 9.17) is 14.2 Å². The van der Waals surface area contributed by atoms with Crippen LogP contribution in [0.1, 0.15) is 5.56 Å². The third kappa shape index (κ3) is 5.90. The van der Waals surface area contributed by atoms with E-state index in [9.17, 15) is 22.7 Å². The standard InChI is InChI=1S/C15H21F4NO4/c1-22-11-4-5-12(16)10(8-11)6-7-20(9-13(23-2)24-3)14(21)15(17,18)19/h4-5,8,13-14,21H,6-7,9H2,1-3H3. The Morgan fingerprint density at radius 2 is 1.79 bits per heavy atom. The molecule has 0 aliphatic heterocycles. The van der Waals surface area contributed by atoms with Crippen LogP contribution >= 0.6 is 0 Å². The van der Waals surface area contributed by atoms with Gasteiger partial charge in [0.1, 0.15) is 11.6 Å². The summed E-state index contributed by atoms with van der Waals surface area (Å²) in [7, 11) is 3.95. The molecule has 0 spiro atoms. The van der Waals surface area contributed by atoms with E-state index in [1.165, 1.54) is 39.5 Å². The van der Waals surface area contributed by atoms with Gasteiger partial charge in [0.05, 0.1) is 13.7 Å². The van der Waals surface area contributed by atoms with Crippen LogP contribution in [0.4, 0.5) is 17.6 Å². The van der Waals surface area contributed by atoms with Crippen LogP contribution in [0, 0.1) is 5.82 Å². The summed E-state index contributed by atoms with van der Waals surface area (Å²) in [6.07, 6.45) is -8.58. The fraction of sp³-hybridized carbons (Fsp3) is 0.600. The van der Waals surface area contributed by atoms with Gasteiger partial charge in [0.25, 0.3) is 0 Å². The first-order valence-corrected chi connectivity index (χ1v) is 7.09. The molecule has 1 N–H and O–H groups in total. The van der Waals surface area contributed by atoms with Crippen molar-refractivity contribution in [2.75, 3.05) is 34.4 Å². The van der Waals surface area contributed by atoms with Gasteiger partial charge in [-0.05, 0) is 30.2 Å². The average Bonchev–Trinajstić information content (AvgIpc) is 2.55. The van der Waals surface area contributed by atoms with E-state index in [0.717, 1.165) is 4.90 Å². The summed E-state index contributed by atoms with van der Waals surface area (Å²) >= 11 is 0. The second-order valence-electron chi connectivity index (χ2n) is 5.02. The maximum atomic E-state index is 13.8. The number of hydrogen-bond acceptors (Lipinski definition) is 5. The Hall–Kier alpha value is -1.42. The maximum absolute atomic E-state index is 13.8. The van der Waals surface area contributed by atoms with Crippen LogP contribution < -0.4 is 4.74 Å². The molecule has 0 saturated carbocycles. The van der Waals surface area contributed by atoms with Crippen molar-refractivity contribution in [3.8, 4) is 5.75 Å². The van der Waals surface area contributed by atoms with Gasteiger partial charge < -0.3 is 19.3 Å². The zero-order valence-electron chi connectivity index (χ0n) is 13.6. The molecule has 1 unspecified atom stereocenters. The zero-order chi connectivity index (χ0) is 18.3. The highest BCUT2D eigenvalue weighted by Gasteiger charge is 2.43. The van der Waals surface area contributed by atoms with Crippen LogP contribution in [0.15, 0.2) is 18.2 Å². The van der Waals surface area contributed by atoms with E-state index in [2.05, 4.69) is 0 Å². The minimum atomic E-state index is -4.85. The number of halogens is 4. The molecule has 24 heavy (non-hydrogen) atoms. The fourth-order valence-electron chi connectivity index (χ4n) is 2.09. The highest BCUT2D eigenvalue weighted by atomic mass is 19.4. The third-order valence-electron chi connectivity index (χ3n) is 3.47. The van der Waals surface area contributed by atoms with Crippen LogP contribution in [-0.4, -0.2) is 63.1 Å². The van der Waals surface area contributed by atoms with Crippen LogP contribution in [-0.2, 0) is 15.9 Å². The number of hydrogen-bond donors (Lipinski definition) is 1. The Labute approximate surface area is 137 Å². The minimum absolute atomic E-state index is 0.0592. The Morgan fingerprint density at radius 1 is 1.17 bits per heavy atom. The van der Waals surface area contributed by atoms with Crippen molar-refractivity contribution < 1.29 is 36.9 Å². The lowest BCUT2D eigenvalue weighted by molar-refractivity contribution is -0.259. The SMILES string of the molecule is COc1ccc(F)c(CCN(CC(OC)OC)C(O)C(F)(F)F)c1. The lowest BCUT2D eigenvalue weighted by atomic mass is 10.1. The lowest BCUT2D eigenvalue weighted by Crippen LogP contribution is -2.50. The molecule has 0 aliphatic carbocycles. The highest BCUT2D eigenvalue weighted by Crippen LogP contribution is 2.24. The van der Waals surface area contributed by atoms with E-state index in [1.54, 1.807) is 0 Å². The molecular formula is C15H21F4NO4. The van der Waals surface area contributed by atoms with E-state index >= 15 is 0 Å². The highest BCUT2D eigenvalue weighted by molar-refractivity contribution is 5.30. The number of methoxy groups -OCH3 is 3. The van der Waals surface area contributed by atoms with Gasteiger partial charge in [-0.15, -0.1) is 0 Å². The van der Waals surface area contributed by atoms with Gasteiger partial charge in [-0.25, -0.2) is 4.39 Å². The molecule has 1 atom stereocenters. The van der Waals surface area contributed by atoms with Crippen LogP contribution in [0.25, 0.3) is 0 Å². The maximum Gasteiger partial charge on any atom is 0.428 e. The first-order valence-electron chi connectivity index (χ1n) is 7.09. The predicted octanol–water partition coefficient (Wildman–Crippen LogP) is 2.18. The van der Waals surface area contributed by atoms with Crippen molar-refractivity contribution in [3.63, 3.8) is 0 Å². The van der Waals surface area contributed by atoms with Gasteiger partial charge in [0.2, 0.25) is 6.23 Å². The van der Waals surface area contributed by atoms with Crippen molar-refractivity contribution in [3.05, 3.63) is 29.6 Å². The number of rotatable bonds is 9. The number of aliphatic hydroxyl groups is 1. The summed E-state index contributed by atoms with van der Waals surface area (Å²) in [5.41, 5.74) is 0.181. The second-order valence-corrected chi connectivity index (χ2v) is 5.02. The quantitative estimate of drug-likeness (QED) is 0.544. The van der Waals surface area contributed by atoms with E-state index in [1.807, 2.05) is 0 Å². The average molecular weight is 355 g/mol. The first-order chi connectivity index (χ1) is 11.2. The van der Waals surface area contributed by atoms with Gasteiger partial charge in [-0.3, -0.25) is 4.90 Å². The number of benzene rings is 1. The lowest BCUT2D eigenvalue weighted by Gasteiger charge is -2.31. The summed E-state index contributed by atoms with van der Waals surface area (Å²) < 4.78 is 66.9. The van der Waals surface area contributed by atoms with Crippen LogP contribution in [0.5, 0.6) is 5.75 Å². The molecule has 0 fully saturated rings. The Bertz CT molecular complexity index is 509. The summed E-state index contributed by atoms with van der Waals surface area (Å²) in [5, 5.41) is 9.50. The van der Waals surface area contributed by atoms with Crippen molar-refractivity contribution in [2.24, 2.45) is 0 Å². The Balaban J connectivity index is 2.88. The molecule has 0 amide bonds. The second kappa shape index (κ2) is 9.16. The molecular weight excluding hydrogens is 334 g/mol. The summed E-state index contributed by atoms with van der Waals surface area (Å²) in [4.78, 5) is 0.719. The van der Waals surface area contributed by atoms with Gasteiger partial charge in [-0.1, -0.05) is 0 Å². The molecule has 0 bridgehead atoms. The van der Waals surface area contributed by atoms with E-state index < -0.39 is 24.5 Å². The van der Waals surface area contributed by atoms with Gasteiger partial charge in [0, 0.05) is 20.8 Å². The number of ether oxygens (including phenoxy) is 3. The van der Waals surface area contributed by atoms with Crippen molar-refractivity contribution in [1.82, 2.24) is 4.90 Å². The first kappa shape index (κ1) is 20.6. The smallest absolute Gasteiger partial charge is 0.428 e.